The second-order valence-electron chi connectivity index (χ2n) is 3.79. The maximum atomic E-state index is 13.3. The molecule has 0 aliphatic rings. The molecular weight excluding hydrogens is 224 g/mol. The molecule has 5 heteroatoms. The lowest BCUT2D eigenvalue weighted by atomic mass is 10.2. The fourth-order valence-corrected chi connectivity index (χ4v) is 1.55. The number of benzene rings is 1. The number of hydrogen-bond donors (Lipinski definition) is 1. The number of nitrogens with one attached hydrogen (secondary N) is 1. The number of imidazole rings is 1. The van der Waals surface area contributed by atoms with E-state index in [4.69, 9.17) is 0 Å². The van der Waals surface area contributed by atoms with E-state index < -0.39 is 11.6 Å². The zero-order valence-electron chi connectivity index (χ0n) is 9.45. The Morgan fingerprint density at radius 2 is 2.12 bits per heavy atom. The predicted octanol–water partition coefficient (Wildman–Crippen LogP) is 1.99. The summed E-state index contributed by atoms with van der Waals surface area (Å²) in [6.07, 6.45) is 3.53. The maximum Gasteiger partial charge on any atom is 0.127 e. The summed E-state index contributed by atoms with van der Waals surface area (Å²) in [5.74, 6) is 0.0146. The van der Waals surface area contributed by atoms with Crippen LogP contribution in [-0.4, -0.2) is 9.55 Å². The van der Waals surface area contributed by atoms with Gasteiger partial charge in [0, 0.05) is 31.5 Å². The number of aromatic nitrogens is 2. The van der Waals surface area contributed by atoms with E-state index in [1.165, 1.54) is 6.07 Å². The van der Waals surface area contributed by atoms with Crippen molar-refractivity contribution in [3.63, 3.8) is 0 Å². The topological polar surface area (TPSA) is 29.9 Å². The van der Waals surface area contributed by atoms with Gasteiger partial charge in [-0.25, -0.2) is 13.8 Å². The van der Waals surface area contributed by atoms with Gasteiger partial charge in [-0.2, -0.15) is 0 Å². The fraction of sp³-hybridized carbons (Fsp3) is 0.250. The first-order valence-electron chi connectivity index (χ1n) is 5.27. The quantitative estimate of drug-likeness (QED) is 0.881. The van der Waals surface area contributed by atoms with Gasteiger partial charge in [0.2, 0.25) is 0 Å². The van der Waals surface area contributed by atoms with E-state index in [0.29, 0.717) is 12.1 Å². The molecule has 0 radical (unpaired) electrons. The minimum absolute atomic E-state index is 0.274. The minimum Gasteiger partial charge on any atom is -0.337 e. The Balaban J connectivity index is 1.94. The van der Waals surface area contributed by atoms with Crippen LogP contribution in [0.4, 0.5) is 8.78 Å². The Hall–Kier alpha value is -1.75. The standard InChI is InChI=1S/C12H13F2N3/c1-17-5-4-16-12(17)8-15-7-9-6-10(13)2-3-11(9)14/h2-6,15H,7-8H2,1H3. The molecule has 1 N–H and O–H groups in total. The van der Waals surface area contributed by atoms with Gasteiger partial charge in [-0.3, -0.25) is 0 Å². The Kier molecular flexibility index (Phi) is 3.49. The molecular formula is C12H13F2N3. The van der Waals surface area contributed by atoms with Crippen LogP contribution in [-0.2, 0) is 20.1 Å². The minimum atomic E-state index is -0.430. The molecule has 1 aromatic carbocycles. The molecule has 1 heterocycles. The molecule has 0 unspecified atom stereocenters. The van der Waals surface area contributed by atoms with Gasteiger partial charge in [0.25, 0.3) is 0 Å². The zero-order valence-corrected chi connectivity index (χ0v) is 9.45. The summed E-state index contributed by atoms with van der Waals surface area (Å²) in [7, 11) is 1.88. The molecule has 0 fully saturated rings. The smallest absolute Gasteiger partial charge is 0.127 e. The van der Waals surface area contributed by atoms with Crippen LogP contribution >= 0.6 is 0 Å². The van der Waals surface area contributed by atoms with Crippen LogP contribution in [0.2, 0.25) is 0 Å². The number of nitrogens with zero attached hydrogens (tertiary/aromatic N) is 2. The number of halogens is 2. The van der Waals surface area contributed by atoms with E-state index in [0.717, 1.165) is 18.0 Å². The summed E-state index contributed by atoms with van der Waals surface area (Å²) in [5, 5.41) is 3.02. The Morgan fingerprint density at radius 1 is 1.29 bits per heavy atom. The lowest BCUT2D eigenvalue weighted by molar-refractivity contribution is 0.562. The molecule has 0 saturated carbocycles. The van der Waals surface area contributed by atoms with Crippen molar-refractivity contribution in [2.24, 2.45) is 7.05 Å². The second kappa shape index (κ2) is 5.05. The van der Waals surface area contributed by atoms with Gasteiger partial charge in [0.1, 0.15) is 17.5 Å². The highest BCUT2D eigenvalue weighted by molar-refractivity contribution is 5.18. The third-order valence-electron chi connectivity index (χ3n) is 2.53. The molecule has 0 aliphatic carbocycles. The van der Waals surface area contributed by atoms with Crippen molar-refractivity contribution >= 4 is 0 Å². The monoisotopic (exact) mass is 237 g/mol. The first-order valence-corrected chi connectivity index (χ1v) is 5.27. The zero-order chi connectivity index (χ0) is 12.3. The van der Waals surface area contributed by atoms with E-state index in [9.17, 15) is 8.78 Å². The van der Waals surface area contributed by atoms with Crippen LogP contribution in [0.25, 0.3) is 0 Å². The summed E-state index contributed by atoms with van der Waals surface area (Å²) >= 11 is 0. The van der Waals surface area contributed by atoms with Crippen molar-refractivity contribution in [1.29, 1.82) is 0 Å². The van der Waals surface area contributed by atoms with Crippen molar-refractivity contribution in [2.45, 2.75) is 13.1 Å². The number of hydrogen-bond acceptors (Lipinski definition) is 2. The van der Waals surface area contributed by atoms with Crippen LogP contribution in [0.15, 0.2) is 30.6 Å². The van der Waals surface area contributed by atoms with Crippen molar-refractivity contribution in [1.82, 2.24) is 14.9 Å². The lowest BCUT2D eigenvalue weighted by Crippen LogP contribution is -2.16. The summed E-state index contributed by atoms with van der Waals surface area (Å²) < 4.78 is 28.1. The van der Waals surface area contributed by atoms with Crippen molar-refractivity contribution in [2.75, 3.05) is 0 Å². The summed E-state index contributed by atoms with van der Waals surface area (Å²) in [4.78, 5) is 4.12. The molecule has 0 aliphatic heterocycles. The van der Waals surface area contributed by atoms with E-state index in [2.05, 4.69) is 10.3 Å². The lowest BCUT2D eigenvalue weighted by Gasteiger charge is -2.06. The van der Waals surface area contributed by atoms with Crippen LogP contribution in [0.1, 0.15) is 11.4 Å². The molecule has 17 heavy (non-hydrogen) atoms. The fourth-order valence-electron chi connectivity index (χ4n) is 1.55. The molecule has 0 bridgehead atoms. The number of aryl methyl sites for hydroxylation is 1. The van der Waals surface area contributed by atoms with Gasteiger partial charge in [-0.05, 0) is 18.2 Å². The summed E-state index contributed by atoms with van der Waals surface area (Å²) in [6.45, 7) is 0.788. The van der Waals surface area contributed by atoms with Gasteiger partial charge in [0.05, 0.1) is 6.54 Å². The highest BCUT2D eigenvalue weighted by Crippen LogP contribution is 2.09. The Bertz CT molecular complexity index is 508. The van der Waals surface area contributed by atoms with E-state index in [1.54, 1.807) is 6.20 Å². The van der Waals surface area contributed by atoms with Gasteiger partial charge < -0.3 is 9.88 Å². The highest BCUT2D eigenvalue weighted by Gasteiger charge is 2.04. The average Bonchev–Trinajstić information content (AvgIpc) is 2.70. The SMILES string of the molecule is Cn1ccnc1CNCc1cc(F)ccc1F. The summed E-state index contributed by atoms with van der Waals surface area (Å²) in [5.41, 5.74) is 0.319. The van der Waals surface area contributed by atoms with E-state index in [-0.39, 0.29) is 6.54 Å². The van der Waals surface area contributed by atoms with Crippen molar-refractivity contribution in [3.05, 3.63) is 53.6 Å². The molecule has 0 spiro atoms. The van der Waals surface area contributed by atoms with Crippen LogP contribution in [0, 0.1) is 11.6 Å². The van der Waals surface area contributed by atoms with Crippen LogP contribution in [0.3, 0.4) is 0 Å². The largest absolute Gasteiger partial charge is 0.337 e. The molecule has 2 rings (SSSR count). The highest BCUT2D eigenvalue weighted by atomic mass is 19.1. The number of rotatable bonds is 4. The normalized spacial score (nSPS) is 10.8. The molecule has 0 saturated heterocycles. The van der Waals surface area contributed by atoms with Crippen molar-refractivity contribution < 1.29 is 8.78 Å². The molecule has 3 nitrogen and oxygen atoms in total. The maximum absolute atomic E-state index is 13.3. The van der Waals surface area contributed by atoms with E-state index >= 15 is 0 Å². The van der Waals surface area contributed by atoms with Gasteiger partial charge in [0.15, 0.2) is 0 Å². The average molecular weight is 237 g/mol. The predicted molar refractivity (Wildman–Crippen MR) is 60.1 cm³/mol. The van der Waals surface area contributed by atoms with Gasteiger partial charge >= 0.3 is 0 Å². The third kappa shape index (κ3) is 2.88. The first kappa shape index (κ1) is 11.7. The third-order valence-corrected chi connectivity index (χ3v) is 2.53. The molecule has 0 amide bonds. The van der Waals surface area contributed by atoms with Crippen molar-refractivity contribution in [3.8, 4) is 0 Å². The van der Waals surface area contributed by atoms with Crippen LogP contribution in [0.5, 0.6) is 0 Å². The van der Waals surface area contributed by atoms with E-state index in [1.807, 2.05) is 17.8 Å². The Morgan fingerprint density at radius 3 is 2.82 bits per heavy atom. The summed E-state index contributed by atoms with van der Waals surface area (Å²) in [6, 6.07) is 3.44. The molecule has 2 aromatic rings. The molecule has 1 aromatic heterocycles. The second-order valence-corrected chi connectivity index (χ2v) is 3.79. The first-order chi connectivity index (χ1) is 8.16. The van der Waals surface area contributed by atoms with Gasteiger partial charge in [-0.1, -0.05) is 0 Å². The van der Waals surface area contributed by atoms with Crippen LogP contribution < -0.4 is 5.32 Å². The van der Waals surface area contributed by atoms with Gasteiger partial charge in [-0.15, -0.1) is 0 Å². The Labute approximate surface area is 98.1 Å². The molecule has 90 valence electrons. The molecule has 0 atom stereocenters.